The minimum Gasteiger partial charge on any atom is -0.436 e. The molecule has 0 bridgehead atoms. The number of ether oxygens (including phenoxy) is 1. The fourth-order valence-electron chi connectivity index (χ4n) is 1.18. The molecule has 0 aliphatic heterocycles. The highest BCUT2D eigenvalue weighted by Crippen LogP contribution is 2.26. The normalized spacial score (nSPS) is 10.4. The van der Waals surface area contributed by atoms with E-state index in [1.807, 2.05) is 0 Å². The molecule has 2 nitrogen and oxygen atoms in total. The van der Waals surface area contributed by atoms with Crippen molar-refractivity contribution in [1.82, 2.24) is 4.98 Å². The van der Waals surface area contributed by atoms with Crippen LogP contribution in [0.5, 0.6) is 11.6 Å². The minimum absolute atomic E-state index is 0.0647. The topological polar surface area (TPSA) is 22.1 Å². The highest BCUT2D eigenvalue weighted by molar-refractivity contribution is 9.10. The average molecular weight is 304 g/mol. The van der Waals surface area contributed by atoms with Gasteiger partial charge in [0, 0.05) is 16.6 Å². The molecule has 0 N–H and O–H groups in total. The molecular weight excluding hydrogens is 299 g/mol. The van der Waals surface area contributed by atoms with Crippen LogP contribution in [0.25, 0.3) is 0 Å². The number of rotatable bonds is 2. The van der Waals surface area contributed by atoms with Crippen molar-refractivity contribution in [3.05, 3.63) is 52.4 Å². The molecule has 0 saturated heterocycles. The van der Waals surface area contributed by atoms with Crippen molar-refractivity contribution in [3.8, 4) is 11.6 Å². The number of halogens is 4. The molecule has 0 radical (unpaired) electrons. The Kier molecular flexibility index (Phi) is 3.33. The zero-order chi connectivity index (χ0) is 12.4. The lowest BCUT2D eigenvalue weighted by molar-refractivity contribution is 0.414. The lowest BCUT2D eigenvalue weighted by Crippen LogP contribution is -1.93. The lowest BCUT2D eigenvalue weighted by Gasteiger charge is -2.06. The first kappa shape index (κ1) is 11.9. The molecule has 2 aromatic rings. The number of nitrogens with zero attached hydrogens (tertiary/aromatic N) is 1. The summed E-state index contributed by atoms with van der Waals surface area (Å²) in [6.45, 7) is 0. The number of aromatic nitrogens is 1. The first-order valence-corrected chi connectivity index (χ1v) is 5.29. The second kappa shape index (κ2) is 4.75. The van der Waals surface area contributed by atoms with Gasteiger partial charge in [0.15, 0.2) is 5.82 Å². The van der Waals surface area contributed by atoms with E-state index in [4.69, 9.17) is 4.74 Å². The smallest absolute Gasteiger partial charge is 0.256 e. The highest BCUT2D eigenvalue weighted by Gasteiger charge is 2.09. The van der Waals surface area contributed by atoms with E-state index in [1.165, 1.54) is 12.1 Å². The maximum atomic E-state index is 13.2. The molecule has 6 heteroatoms. The van der Waals surface area contributed by atoms with Crippen LogP contribution in [0.3, 0.4) is 0 Å². The molecule has 0 saturated carbocycles. The number of hydrogen-bond acceptors (Lipinski definition) is 2. The summed E-state index contributed by atoms with van der Waals surface area (Å²) >= 11 is 3.06. The largest absolute Gasteiger partial charge is 0.436 e. The van der Waals surface area contributed by atoms with Crippen molar-refractivity contribution in [1.29, 1.82) is 0 Å². The molecule has 0 fully saturated rings. The van der Waals surface area contributed by atoms with Crippen molar-refractivity contribution in [2.24, 2.45) is 0 Å². The molecule has 1 aromatic carbocycles. The SMILES string of the molecule is Fc1cc(Br)cc(Oc2ncc(F)cc2F)c1. The molecular formula is C11H5BrF3NO. The summed E-state index contributed by atoms with van der Waals surface area (Å²) in [5.41, 5.74) is 0. The van der Waals surface area contributed by atoms with Crippen molar-refractivity contribution < 1.29 is 17.9 Å². The quantitative estimate of drug-likeness (QED) is 0.835. The molecule has 0 aliphatic rings. The van der Waals surface area contributed by atoms with E-state index in [2.05, 4.69) is 20.9 Å². The van der Waals surface area contributed by atoms with Gasteiger partial charge in [-0.15, -0.1) is 0 Å². The fraction of sp³-hybridized carbons (Fsp3) is 0. The fourth-order valence-corrected chi connectivity index (χ4v) is 1.62. The van der Waals surface area contributed by atoms with Crippen LogP contribution in [0, 0.1) is 17.5 Å². The van der Waals surface area contributed by atoms with E-state index in [0.29, 0.717) is 10.5 Å². The van der Waals surface area contributed by atoms with Crippen LogP contribution in [0.15, 0.2) is 34.9 Å². The van der Waals surface area contributed by atoms with Gasteiger partial charge in [-0.05, 0) is 12.1 Å². The summed E-state index contributed by atoms with van der Waals surface area (Å²) in [5, 5.41) is 0. The third-order valence-corrected chi connectivity index (χ3v) is 2.28. The zero-order valence-electron chi connectivity index (χ0n) is 8.25. The Morgan fingerprint density at radius 1 is 1.00 bits per heavy atom. The highest BCUT2D eigenvalue weighted by atomic mass is 79.9. The number of hydrogen-bond donors (Lipinski definition) is 0. The molecule has 0 aliphatic carbocycles. The second-order valence-electron chi connectivity index (χ2n) is 3.15. The van der Waals surface area contributed by atoms with Crippen molar-refractivity contribution in [2.45, 2.75) is 0 Å². The van der Waals surface area contributed by atoms with Crippen LogP contribution in [-0.2, 0) is 0 Å². The monoisotopic (exact) mass is 303 g/mol. The van der Waals surface area contributed by atoms with Gasteiger partial charge in [0.1, 0.15) is 17.4 Å². The molecule has 88 valence electrons. The van der Waals surface area contributed by atoms with E-state index < -0.39 is 23.3 Å². The summed E-state index contributed by atoms with van der Waals surface area (Å²) in [6.07, 6.45) is 0.812. The van der Waals surface area contributed by atoms with Gasteiger partial charge in [-0.3, -0.25) is 0 Å². The molecule has 1 heterocycles. The van der Waals surface area contributed by atoms with Gasteiger partial charge >= 0.3 is 0 Å². The molecule has 0 atom stereocenters. The third-order valence-electron chi connectivity index (χ3n) is 1.82. The Morgan fingerprint density at radius 3 is 2.41 bits per heavy atom. The van der Waals surface area contributed by atoms with Crippen LogP contribution in [0.2, 0.25) is 0 Å². The van der Waals surface area contributed by atoms with Crippen LogP contribution < -0.4 is 4.74 Å². The molecule has 1 aromatic heterocycles. The van der Waals surface area contributed by atoms with Gasteiger partial charge in [-0.25, -0.2) is 18.2 Å². The zero-order valence-corrected chi connectivity index (χ0v) is 9.84. The Labute approximate surface area is 103 Å². The molecule has 0 amide bonds. The van der Waals surface area contributed by atoms with E-state index in [-0.39, 0.29) is 5.75 Å². The first-order chi connectivity index (χ1) is 8.04. The maximum Gasteiger partial charge on any atom is 0.256 e. The summed E-state index contributed by atoms with van der Waals surface area (Å²) < 4.78 is 44.2. The van der Waals surface area contributed by atoms with E-state index in [1.54, 1.807) is 0 Å². The Bertz CT molecular complexity index is 542. The van der Waals surface area contributed by atoms with Gasteiger partial charge < -0.3 is 4.74 Å². The molecule has 0 spiro atoms. The van der Waals surface area contributed by atoms with Crippen molar-refractivity contribution >= 4 is 15.9 Å². The van der Waals surface area contributed by atoms with Crippen LogP contribution in [0.1, 0.15) is 0 Å². The first-order valence-electron chi connectivity index (χ1n) is 4.49. The lowest BCUT2D eigenvalue weighted by atomic mass is 10.3. The van der Waals surface area contributed by atoms with Gasteiger partial charge in [0.2, 0.25) is 0 Å². The van der Waals surface area contributed by atoms with Crippen molar-refractivity contribution in [3.63, 3.8) is 0 Å². The second-order valence-corrected chi connectivity index (χ2v) is 4.06. The Balaban J connectivity index is 2.31. The summed E-state index contributed by atoms with van der Waals surface area (Å²) in [4.78, 5) is 3.42. The maximum absolute atomic E-state index is 13.2. The summed E-state index contributed by atoms with van der Waals surface area (Å²) in [6, 6.07) is 4.36. The Hall–Kier alpha value is -1.56. The van der Waals surface area contributed by atoms with Gasteiger partial charge in [-0.1, -0.05) is 15.9 Å². The number of benzene rings is 1. The van der Waals surface area contributed by atoms with Crippen molar-refractivity contribution in [2.75, 3.05) is 0 Å². The minimum atomic E-state index is -0.953. The molecule has 17 heavy (non-hydrogen) atoms. The van der Waals surface area contributed by atoms with Crippen LogP contribution in [0.4, 0.5) is 13.2 Å². The van der Waals surface area contributed by atoms with E-state index in [9.17, 15) is 13.2 Å². The third kappa shape index (κ3) is 2.97. The summed E-state index contributed by atoms with van der Waals surface area (Å²) in [5.74, 6) is -2.66. The van der Waals surface area contributed by atoms with Gasteiger partial charge in [0.05, 0.1) is 6.20 Å². The van der Waals surface area contributed by atoms with Gasteiger partial charge in [-0.2, -0.15) is 0 Å². The van der Waals surface area contributed by atoms with Crippen LogP contribution in [-0.4, -0.2) is 4.98 Å². The molecule has 0 unspecified atom stereocenters. The van der Waals surface area contributed by atoms with Gasteiger partial charge in [0.25, 0.3) is 5.88 Å². The molecule has 2 rings (SSSR count). The predicted octanol–water partition coefficient (Wildman–Crippen LogP) is 4.05. The van der Waals surface area contributed by atoms with E-state index >= 15 is 0 Å². The number of pyridine rings is 1. The average Bonchev–Trinajstić information content (AvgIpc) is 2.21. The Morgan fingerprint density at radius 2 is 1.76 bits per heavy atom. The standard InChI is InChI=1S/C11H5BrF3NO/c12-6-1-7(13)3-9(2-6)17-11-10(15)4-8(14)5-16-11/h1-5H. The summed E-state index contributed by atoms with van der Waals surface area (Å²) in [7, 11) is 0. The van der Waals surface area contributed by atoms with E-state index in [0.717, 1.165) is 12.3 Å². The predicted molar refractivity (Wildman–Crippen MR) is 58.3 cm³/mol. The van der Waals surface area contributed by atoms with Crippen LogP contribution >= 0.6 is 15.9 Å².